The van der Waals surface area contributed by atoms with E-state index in [1.54, 1.807) is 18.7 Å². The molecule has 9 heteroatoms. The first-order chi connectivity index (χ1) is 26.8. The first-order valence-electron chi connectivity index (χ1n) is 18.8. The van der Waals surface area contributed by atoms with Gasteiger partial charge in [0, 0.05) is 37.3 Å². The van der Waals surface area contributed by atoms with Crippen molar-refractivity contribution in [2.75, 3.05) is 14.1 Å². The van der Waals surface area contributed by atoms with Crippen LogP contribution >= 0.6 is 0 Å². The fourth-order valence-corrected chi connectivity index (χ4v) is 7.37. The largest absolute Gasteiger partial charge is 0.349 e. The molecule has 5 aromatic carbocycles. The number of rotatable bonds is 13. The van der Waals surface area contributed by atoms with Gasteiger partial charge in [-0.05, 0) is 63.2 Å². The minimum absolute atomic E-state index is 0.00770. The van der Waals surface area contributed by atoms with Crippen molar-refractivity contribution in [2.24, 2.45) is 0 Å². The standard InChI is InChI=1S/C46H45N7O2/c1-5-6-27-42-47-33(2)40(31-43(54)51(3)4)45(55)52(42)32-34-28-29-39(35-19-11-7-12-20-35)41(30-34)44-48-49-50-53(44)46(36-21-13-8-14-22-36,37-23-15-9-16-24-37)38-25-17-10-18-26-38/h7-26,28-30H,5-6,27,31-32H2,1-4H3. The molecule has 0 saturated carbocycles. The van der Waals surface area contributed by atoms with Gasteiger partial charge in [0.2, 0.25) is 5.91 Å². The first-order valence-corrected chi connectivity index (χ1v) is 18.8. The lowest BCUT2D eigenvalue weighted by molar-refractivity contribution is -0.128. The van der Waals surface area contributed by atoms with E-state index in [0.717, 1.165) is 51.8 Å². The van der Waals surface area contributed by atoms with Crippen LogP contribution in [-0.4, -0.2) is 54.7 Å². The summed E-state index contributed by atoms with van der Waals surface area (Å²) in [4.78, 5) is 33.6. The SMILES string of the molecule is CCCCc1nc(C)c(CC(=O)N(C)C)c(=O)n1Cc1ccc(-c2ccccc2)c(-c2nnnn2C(c2ccccc2)(c2ccccc2)c2ccccc2)c1. The third kappa shape index (κ3) is 7.25. The summed E-state index contributed by atoms with van der Waals surface area (Å²) in [6, 6.07) is 47.4. The minimum atomic E-state index is -0.953. The maximum atomic E-state index is 14.3. The fraction of sp³-hybridized carbons (Fsp3) is 0.217. The number of carbonyl (C=O) groups is 1. The van der Waals surface area contributed by atoms with Crippen LogP contribution in [0, 0.1) is 6.92 Å². The summed E-state index contributed by atoms with van der Waals surface area (Å²) in [6.45, 7) is 4.21. The van der Waals surface area contributed by atoms with Crippen LogP contribution in [0.3, 0.4) is 0 Å². The van der Waals surface area contributed by atoms with Gasteiger partial charge in [0.05, 0.1) is 13.0 Å². The van der Waals surface area contributed by atoms with Gasteiger partial charge in [0.1, 0.15) is 11.4 Å². The van der Waals surface area contributed by atoms with Crippen molar-refractivity contribution in [3.63, 3.8) is 0 Å². The number of amides is 1. The Morgan fingerprint density at radius 3 is 1.85 bits per heavy atom. The Morgan fingerprint density at radius 1 is 0.745 bits per heavy atom. The normalized spacial score (nSPS) is 11.4. The van der Waals surface area contributed by atoms with Gasteiger partial charge in [-0.15, -0.1) is 5.10 Å². The second-order valence-corrected chi connectivity index (χ2v) is 14.0. The van der Waals surface area contributed by atoms with Crippen LogP contribution in [-0.2, 0) is 29.7 Å². The molecule has 9 nitrogen and oxygen atoms in total. The molecule has 0 radical (unpaired) electrons. The van der Waals surface area contributed by atoms with Crippen molar-refractivity contribution in [3.05, 3.63) is 189 Å². The molecule has 0 spiro atoms. The van der Waals surface area contributed by atoms with E-state index in [1.165, 1.54) is 4.90 Å². The highest BCUT2D eigenvalue weighted by Gasteiger charge is 2.42. The van der Waals surface area contributed by atoms with E-state index >= 15 is 0 Å². The van der Waals surface area contributed by atoms with Gasteiger partial charge in [-0.3, -0.25) is 14.2 Å². The van der Waals surface area contributed by atoms with Crippen LogP contribution in [0.25, 0.3) is 22.5 Å². The summed E-state index contributed by atoms with van der Waals surface area (Å²) in [7, 11) is 3.40. The Labute approximate surface area is 322 Å². The highest BCUT2D eigenvalue weighted by molar-refractivity contribution is 5.81. The number of likely N-dealkylation sites (N-methyl/N-ethyl adjacent to an activating group) is 1. The molecule has 7 aromatic rings. The maximum absolute atomic E-state index is 14.3. The van der Waals surface area contributed by atoms with Crippen molar-refractivity contribution in [3.8, 4) is 22.5 Å². The van der Waals surface area contributed by atoms with E-state index < -0.39 is 5.54 Å². The van der Waals surface area contributed by atoms with E-state index in [1.807, 2.05) is 84.4 Å². The molecule has 0 aliphatic rings. The molecular formula is C46H45N7O2. The quantitative estimate of drug-likeness (QED) is 0.113. The van der Waals surface area contributed by atoms with E-state index in [0.29, 0.717) is 29.3 Å². The maximum Gasteiger partial charge on any atom is 0.257 e. The number of tetrazole rings is 1. The zero-order chi connectivity index (χ0) is 38.4. The van der Waals surface area contributed by atoms with Gasteiger partial charge in [-0.2, -0.15) is 0 Å². The molecule has 0 saturated heterocycles. The Morgan fingerprint density at radius 2 is 1.31 bits per heavy atom. The zero-order valence-electron chi connectivity index (χ0n) is 31.8. The summed E-state index contributed by atoms with van der Waals surface area (Å²) < 4.78 is 3.68. The molecule has 0 unspecified atom stereocenters. The summed E-state index contributed by atoms with van der Waals surface area (Å²) >= 11 is 0. The average molecular weight is 728 g/mol. The van der Waals surface area contributed by atoms with Crippen molar-refractivity contribution in [1.82, 2.24) is 34.7 Å². The number of aromatic nitrogens is 6. The molecule has 55 heavy (non-hydrogen) atoms. The van der Waals surface area contributed by atoms with E-state index in [-0.39, 0.29) is 24.4 Å². The highest BCUT2D eigenvalue weighted by atomic mass is 16.2. The second kappa shape index (κ2) is 16.3. The van der Waals surface area contributed by atoms with Crippen molar-refractivity contribution >= 4 is 5.91 Å². The van der Waals surface area contributed by atoms with Crippen LogP contribution in [0.15, 0.2) is 144 Å². The van der Waals surface area contributed by atoms with E-state index in [9.17, 15) is 9.59 Å². The smallest absolute Gasteiger partial charge is 0.257 e. The van der Waals surface area contributed by atoms with Crippen LogP contribution in [0.4, 0.5) is 0 Å². The summed E-state index contributed by atoms with van der Waals surface area (Å²) in [5.41, 5.74) is 6.50. The second-order valence-electron chi connectivity index (χ2n) is 14.0. The summed E-state index contributed by atoms with van der Waals surface area (Å²) in [5, 5.41) is 14.0. The lowest BCUT2D eigenvalue weighted by Crippen LogP contribution is -2.39. The number of carbonyl (C=O) groups excluding carboxylic acids is 1. The molecule has 2 heterocycles. The predicted molar refractivity (Wildman–Crippen MR) is 217 cm³/mol. The average Bonchev–Trinajstić information content (AvgIpc) is 3.71. The number of nitrogens with zero attached hydrogens (tertiary/aromatic N) is 7. The van der Waals surface area contributed by atoms with E-state index in [4.69, 9.17) is 15.3 Å². The molecule has 1 amide bonds. The Balaban J connectivity index is 1.47. The van der Waals surface area contributed by atoms with Crippen LogP contribution in [0.2, 0.25) is 0 Å². The molecule has 276 valence electrons. The molecule has 0 atom stereocenters. The molecular weight excluding hydrogens is 683 g/mol. The molecule has 7 rings (SSSR count). The minimum Gasteiger partial charge on any atom is -0.349 e. The van der Waals surface area contributed by atoms with Gasteiger partial charge in [-0.25, -0.2) is 9.67 Å². The Bertz CT molecular complexity index is 2350. The number of hydrogen-bond acceptors (Lipinski definition) is 6. The highest BCUT2D eigenvalue weighted by Crippen LogP contribution is 2.43. The monoisotopic (exact) mass is 727 g/mol. The number of unbranched alkanes of at least 4 members (excludes halogenated alkanes) is 1. The predicted octanol–water partition coefficient (Wildman–Crippen LogP) is 7.73. The Kier molecular flexibility index (Phi) is 10.9. The van der Waals surface area contributed by atoms with Gasteiger partial charge in [-0.1, -0.05) is 147 Å². The van der Waals surface area contributed by atoms with Crippen LogP contribution in [0.5, 0.6) is 0 Å². The molecule has 0 aliphatic carbocycles. The Hall–Kier alpha value is -6.48. The molecule has 0 fully saturated rings. The van der Waals surface area contributed by atoms with Crippen molar-refractivity contribution in [1.29, 1.82) is 0 Å². The lowest BCUT2D eigenvalue weighted by Gasteiger charge is -2.36. The molecule has 0 bridgehead atoms. The third-order valence-corrected chi connectivity index (χ3v) is 10.2. The van der Waals surface area contributed by atoms with Gasteiger partial charge in [0.15, 0.2) is 5.82 Å². The van der Waals surface area contributed by atoms with Crippen molar-refractivity contribution in [2.45, 2.75) is 51.6 Å². The van der Waals surface area contributed by atoms with Gasteiger partial charge >= 0.3 is 0 Å². The van der Waals surface area contributed by atoms with Crippen LogP contribution in [0.1, 0.15) is 59.1 Å². The number of aryl methyl sites for hydroxylation is 2. The number of benzene rings is 5. The lowest BCUT2D eigenvalue weighted by atomic mass is 9.77. The van der Waals surface area contributed by atoms with Gasteiger partial charge < -0.3 is 4.90 Å². The van der Waals surface area contributed by atoms with E-state index in [2.05, 4.69) is 78.9 Å². The molecule has 0 aliphatic heterocycles. The molecule has 2 aromatic heterocycles. The zero-order valence-corrected chi connectivity index (χ0v) is 31.8. The van der Waals surface area contributed by atoms with Crippen molar-refractivity contribution < 1.29 is 4.79 Å². The van der Waals surface area contributed by atoms with Crippen LogP contribution < -0.4 is 5.56 Å². The first kappa shape index (κ1) is 36.9. The van der Waals surface area contributed by atoms with Gasteiger partial charge in [0.25, 0.3) is 5.56 Å². The summed E-state index contributed by atoms with van der Waals surface area (Å²) in [6.07, 6.45) is 2.48. The fourth-order valence-electron chi connectivity index (χ4n) is 7.37. The topological polar surface area (TPSA) is 98.8 Å². The molecule has 0 N–H and O–H groups in total. The number of hydrogen-bond donors (Lipinski definition) is 0. The third-order valence-electron chi connectivity index (χ3n) is 10.2. The summed E-state index contributed by atoms with van der Waals surface area (Å²) in [5.74, 6) is 1.13.